The van der Waals surface area contributed by atoms with Crippen molar-refractivity contribution in [1.82, 2.24) is 9.88 Å². The number of hydrogen-bond donors (Lipinski definition) is 1. The zero-order valence-corrected chi connectivity index (χ0v) is 14.7. The summed E-state index contributed by atoms with van der Waals surface area (Å²) in [5.74, 6) is -0.280. The fourth-order valence-corrected chi connectivity index (χ4v) is 5.15. The summed E-state index contributed by atoms with van der Waals surface area (Å²) in [6.45, 7) is 1.09. The maximum Gasteiger partial charge on any atom is 0.419 e. The van der Waals surface area contributed by atoms with Crippen molar-refractivity contribution in [2.75, 3.05) is 24.5 Å². The average molecular weight is 386 g/mol. The van der Waals surface area contributed by atoms with Gasteiger partial charge in [0, 0.05) is 38.3 Å². The molecular formula is C18H22F4N4O. The lowest BCUT2D eigenvalue weighted by Crippen LogP contribution is -2.48. The molecule has 3 aliphatic rings. The molecular weight excluding hydrogens is 364 g/mol. The lowest BCUT2D eigenvalue weighted by molar-refractivity contribution is -0.137. The Balaban J connectivity index is 1.55. The number of anilines is 1. The van der Waals surface area contributed by atoms with Crippen molar-refractivity contribution in [1.29, 1.82) is 0 Å². The molecule has 1 aromatic rings. The quantitative estimate of drug-likeness (QED) is 0.810. The Morgan fingerprint density at radius 2 is 2.00 bits per heavy atom. The lowest BCUT2D eigenvalue weighted by Gasteiger charge is -2.33. The van der Waals surface area contributed by atoms with Gasteiger partial charge in [-0.15, -0.1) is 0 Å². The van der Waals surface area contributed by atoms with Gasteiger partial charge in [-0.05, 0) is 36.8 Å². The highest BCUT2D eigenvalue weighted by atomic mass is 19.4. The van der Waals surface area contributed by atoms with Crippen LogP contribution in [0.4, 0.5) is 23.4 Å². The van der Waals surface area contributed by atoms with Gasteiger partial charge in [-0.25, -0.2) is 9.37 Å². The minimum absolute atomic E-state index is 0.0312. The van der Waals surface area contributed by atoms with Crippen molar-refractivity contribution in [2.45, 2.75) is 43.7 Å². The number of halogens is 4. The number of rotatable bonds is 3. The molecule has 0 spiro atoms. The Hall–Kier alpha value is -1.90. The number of primary amides is 1. The predicted molar refractivity (Wildman–Crippen MR) is 90.7 cm³/mol. The summed E-state index contributed by atoms with van der Waals surface area (Å²) >= 11 is 0. The zero-order chi connectivity index (χ0) is 19.3. The Bertz CT molecular complexity index is 728. The SMILES string of the molecule is NC(=O)[C@@H]1C[C@@H](F)CN1[C@H]1CC[C@@H]2CN(c3ncccc3C(F)(F)F)C[C@@H]21. The highest BCUT2D eigenvalue weighted by Gasteiger charge is 2.50. The molecule has 0 unspecified atom stereocenters. The van der Waals surface area contributed by atoms with E-state index in [1.54, 1.807) is 4.90 Å². The molecule has 2 aliphatic heterocycles. The van der Waals surface area contributed by atoms with E-state index < -0.39 is 29.9 Å². The molecule has 4 rings (SSSR count). The molecule has 1 saturated carbocycles. The number of carbonyl (C=O) groups is 1. The minimum atomic E-state index is -4.46. The molecule has 2 saturated heterocycles. The second-order valence-corrected chi connectivity index (χ2v) is 7.79. The summed E-state index contributed by atoms with van der Waals surface area (Å²) in [6, 6.07) is 1.68. The first-order valence-corrected chi connectivity index (χ1v) is 9.22. The first kappa shape index (κ1) is 18.5. The second kappa shape index (κ2) is 6.61. The fraction of sp³-hybridized carbons (Fsp3) is 0.667. The smallest absolute Gasteiger partial charge is 0.368 e. The summed E-state index contributed by atoms with van der Waals surface area (Å²) in [5, 5.41) is 0. The molecule has 3 heterocycles. The van der Waals surface area contributed by atoms with Gasteiger partial charge in [0.15, 0.2) is 0 Å². The van der Waals surface area contributed by atoms with E-state index >= 15 is 0 Å². The molecule has 0 bridgehead atoms. The van der Waals surface area contributed by atoms with Crippen LogP contribution in [0.5, 0.6) is 0 Å². The highest BCUT2D eigenvalue weighted by Crippen LogP contribution is 2.45. The van der Waals surface area contributed by atoms with Gasteiger partial charge in [0.25, 0.3) is 0 Å². The molecule has 148 valence electrons. The summed E-state index contributed by atoms with van der Waals surface area (Å²) in [4.78, 5) is 19.2. The van der Waals surface area contributed by atoms with Gasteiger partial charge < -0.3 is 10.6 Å². The van der Waals surface area contributed by atoms with Crippen LogP contribution in [0.1, 0.15) is 24.8 Å². The standard InChI is InChI=1S/C18H22F4N4O/c19-11-6-15(16(23)27)26(8-11)14-4-3-10-7-25(9-12(10)14)17-13(18(20,21)22)2-1-5-24-17/h1-2,5,10-12,14-15H,3-4,6-9H2,(H2,23,27)/t10-,11-,12+,14+,15+/m1/s1. The van der Waals surface area contributed by atoms with E-state index in [-0.39, 0.29) is 36.7 Å². The number of hydrogen-bond acceptors (Lipinski definition) is 4. The number of amides is 1. The topological polar surface area (TPSA) is 62.5 Å². The van der Waals surface area contributed by atoms with Crippen LogP contribution in [-0.2, 0) is 11.0 Å². The summed E-state index contributed by atoms with van der Waals surface area (Å²) < 4.78 is 53.9. The molecule has 0 radical (unpaired) electrons. The molecule has 9 heteroatoms. The van der Waals surface area contributed by atoms with Crippen molar-refractivity contribution in [3.63, 3.8) is 0 Å². The van der Waals surface area contributed by atoms with Gasteiger partial charge in [0.1, 0.15) is 12.0 Å². The molecule has 27 heavy (non-hydrogen) atoms. The molecule has 3 fully saturated rings. The average Bonchev–Trinajstić information content (AvgIpc) is 3.27. The number of fused-ring (bicyclic) bond motifs is 1. The fourth-order valence-electron chi connectivity index (χ4n) is 5.15. The van der Waals surface area contributed by atoms with Crippen molar-refractivity contribution < 1.29 is 22.4 Å². The normalized spacial score (nSPS) is 34.2. The third-order valence-corrected chi connectivity index (χ3v) is 6.25. The second-order valence-electron chi connectivity index (χ2n) is 7.79. The van der Waals surface area contributed by atoms with Crippen LogP contribution in [0.15, 0.2) is 18.3 Å². The van der Waals surface area contributed by atoms with Crippen molar-refractivity contribution in [3.05, 3.63) is 23.9 Å². The Labute approximate surface area is 154 Å². The Morgan fingerprint density at radius 1 is 1.22 bits per heavy atom. The maximum absolute atomic E-state index is 13.9. The molecule has 2 N–H and O–H groups in total. The zero-order valence-electron chi connectivity index (χ0n) is 14.7. The van der Waals surface area contributed by atoms with Crippen LogP contribution < -0.4 is 10.6 Å². The molecule has 5 atom stereocenters. The number of nitrogens with zero attached hydrogens (tertiary/aromatic N) is 3. The number of likely N-dealkylation sites (tertiary alicyclic amines) is 1. The number of nitrogens with two attached hydrogens (primary N) is 1. The van der Waals surface area contributed by atoms with Crippen molar-refractivity contribution >= 4 is 11.7 Å². The van der Waals surface area contributed by atoms with E-state index in [2.05, 4.69) is 4.98 Å². The summed E-state index contributed by atoms with van der Waals surface area (Å²) in [7, 11) is 0. The third-order valence-electron chi connectivity index (χ3n) is 6.25. The van der Waals surface area contributed by atoms with Crippen molar-refractivity contribution in [3.8, 4) is 0 Å². The van der Waals surface area contributed by atoms with Gasteiger partial charge in [-0.1, -0.05) is 0 Å². The van der Waals surface area contributed by atoms with Gasteiger partial charge in [0.2, 0.25) is 5.91 Å². The molecule has 5 nitrogen and oxygen atoms in total. The van der Waals surface area contributed by atoms with Gasteiger partial charge in [-0.2, -0.15) is 13.2 Å². The van der Waals surface area contributed by atoms with Crippen LogP contribution in [-0.4, -0.2) is 53.7 Å². The van der Waals surface area contributed by atoms with E-state index in [0.29, 0.717) is 13.1 Å². The Kier molecular flexibility index (Phi) is 4.52. The first-order valence-electron chi connectivity index (χ1n) is 9.22. The van der Waals surface area contributed by atoms with Gasteiger partial charge in [0.05, 0.1) is 11.6 Å². The maximum atomic E-state index is 13.9. The summed E-state index contributed by atoms with van der Waals surface area (Å²) in [6.07, 6.45) is -2.42. The largest absolute Gasteiger partial charge is 0.419 e. The van der Waals surface area contributed by atoms with E-state index in [1.807, 2.05) is 4.90 Å². The molecule has 1 aromatic heterocycles. The van der Waals surface area contributed by atoms with Crippen LogP contribution >= 0.6 is 0 Å². The third kappa shape index (κ3) is 3.26. The predicted octanol–water partition coefficient (Wildman–Crippen LogP) is 2.21. The van der Waals surface area contributed by atoms with E-state index in [1.165, 1.54) is 12.3 Å². The molecule has 1 amide bonds. The Morgan fingerprint density at radius 3 is 2.70 bits per heavy atom. The van der Waals surface area contributed by atoms with Crippen molar-refractivity contribution in [2.24, 2.45) is 17.6 Å². The summed E-state index contributed by atoms with van der Waals surface area (Å²) in [5.41, 5.74) is 4.71. The highest BCUT2D eigenvalue weighted by molar-refractivity contribution is 5.80. The van der Waals surface area contributed by atoms with E-state index in [9.17, 15) is 22.4 Å². The molecule has 0 aromatic carbocycles. The van der Waals surface area contributed by atoms with Crippen LogP contribution in [0.3, 0.4) is 0 Å². The van der Waals surface area contributed by atoms with Gasteiger partial charge in [-0.3, -0.25) is 9.69 Å². The van der Waals surface area contributed by atoms with E-state index in [0.717, 1.165) is 18.9 Å². The van der Waals surface area contributed by atoms with Crippen LogP contribution in [0, 0.1) is 11.8 Å². The monoisotopic (exact) mass is 386 g/mol. The number of alkyl halides is 4. The minimum Gasteiger partial charge on any atom is -0.368 e. The number of aromatic nitrogens is 1. The molecule has 1 aliphatic carbocycles. The van der Waals surface area contributed by atoms with Crippen LogP contribution in [0.25, 0.3) is 0 Å². The first-order chi connectivity index (χ1) is 12.8. The number of pyridine rings is 1. The lowest BCUT2D eigenvalue weighted by atomic mass is 9.96. The van der Waals surface area contributed by atoms with Gasteiger partial charge >= 0.3 is 6.18 Å². The number of carbonyl (C=O) groups excluding carboxylic acids is 1. The van der Waals surface area contributed by atoms with E-state index in [4.69, 9.17) is 5.73 Å². The van der Waals surface area contributed by atoms with Crippen LogP contribution in [0.2, 0.25) is 0 Å².